The number of anilines is 4. The number of aromatic nitrogens is 2. The summed E-state index contributed by atoms with van der Waals surface area (Å²) in [4.78, 5) is 83.7. The number of piperidine rings is 2. The monoisotopic (exact) mass is 892 g/mol. The van der Waals surface area contributed by atoms with Crippen LogP contribution in [0.25, 0.3) is 10.9 Å². The van der Waals surface area contributed by atoms with Gasteiger partial charge in [-0.3, -0.25) is 39.2 Å². The van der Waals surface area contributed by atoms with Crippen molar-refractivity contribution in [2.45, 2.75) is 82.1 Å². The van der Waals surface area contributed by atoms with E-state index in [4.69, 9.17) is 4.98 Å². The lowest BCUT2D eigenvalue weighted by molar-refractivity contribution is -0.136. The van der Waals surface area contributed by atoms with Gasteiger partial charge in [0, 0.05) is 93.3 Å². The van der Waals surface area contributed by atoms with E-state index < -0.39 is 29.7 Å². The van der Waals surface area contributed by atoms with Gasteiger partial charge >= 0.3 is 6.03 Å². The Kier molecular flexibility index (Phi) is 12.1. The molecule has 1 atom stereocenters. The number of para-hydroxylation sites is 1. The number of halogens is 1. The number of hydrogen-bond donors (Lipinski definition) is 3. The second kappa shape index (κ2) is 18.5. The van der Waals surface area contributed by atoms with E-state index in [0.717, 1.165) is 91.8 Å². The van der Waals surface area contributed by atoms with Crippen molar-refractivity contribution in [2.24, 2.45) is 0 Å². The number of imide groups is 2. The maximum atomic E-state index is 16.3. The Balaban J connectivity index is 0.750. The normalized spacial score (nSPS) is 21.8. The molecule has 1 aromatic heterocycles. The molecule has 6 amide bonds. The number of nitrogens with one attached hydrogen (secondary N) is 3. The second-order valence-corrected chi connectivity index (χ2v) is 18.0. The summed E-state index contributed by atoms with van der Waals surface area (Å²) in [5.41, 5.74) is 4.34. The number of urea groups is 1. The van der Waals surface area contributed by atoms with Gasteiger partial charge < -0.3 is 20.4 Å². The Morgan fingerprint density at radius 3 is 2.26 bits per heavy atom. The molecule has 340 valence electrons. The largest absolute Gasteiger partial charge is 0.371 e. The Morgan fingerprint density at radius 2 is 1.50 bits per heavy atom. The lowest BCUT2D eigenvalue weighted by atomic mass is 9.90. The highest BCUT2D eigenvalue weighted by atomic mass is 19.1. The summed E-state index contributed by atoms with van der Waals surface area (Å²) < 4.78 is 16.3. The van der Waals surface area contributed by atoms with Gasteiger partial charge in [-0.1, -0.05) is 48.5 Å². The smallest absolute Gasteiger partial charge is 0.322 e. The van der Waals surface area contributed by atoms with Gasteiger partial charge in [0.05, 0.1) is 22.3 Å². The molecule has 66 heavy (non-hydrogen) atoms. The number of benzene rings is 4. The fourth-order valence-corrected chi connectivity index (χ4v) is 10.4. The minimum atomic E-state index is -0.998. The summed E-state index contributed by atoms with van der Waals surface area (Å²) in [5.74, 6) is -1.81. The van der Waals surface area contributed by atoms with Crippen LogP contribution >= 0.6 is 0 Å². The van der Waals surface area contributed by atoms with E-state index >= 15 is 4.39 Å². The van der Waals surface area contributed by atoms with Gasteiger partial charge in [0.25, 0.3) is 11.8 Å². The van der Waals surface area contributed by atoms with Crippen molar-refractivity contribution in [2.75, 3.05) is 59.3 Å². The fourth-order valence-electron chi connectivity index (χ4n) is 10.4. The molecule has 4 aromatic carbocycles. The summed E-state index contributed by atoms with van der Waals surface area (Å²) in [5, 5.41) is 9.83. The van der Waals surface area contributed by atoms with Crippen LogP contribution in [0.1, 0.15) is 77.6 Å². The van der Waals surface area contributed by atoms with E-state index in [1.165, 1.54) is 6.07 Å². The van der Waals surface area contributed by atoms with Gasteiger partial charge in [0.1, 0.15) is 11.9 Å². The fraction of sp³-hybridized carbons (Fsp3) is 0.380. The van der Waals surface area contributed by atoms with Gasteiger partial charge in [-0.15, -0.1) is 0 Å². The molecule has 1 aliphatic carbocycles. The van der Waals surface area contributed by atoms with Crippen LogP contribution in [0.15, 0.2) is 97.2 Å². The van der Waals surface area contributed by atoms with E-state index in [1.807, 2.05) is 79.0 Å². The molecule has 5 aliphatic rings. The first kappa shape index (κ1) is 43.0. The van der Waals surface area contributed by atoms with Crippen molar-refractivity contribution < 1.29 is 28.4 Å². The average Bonchev–Trinajstić information content (AvgIpc) is 3.59. The average molecular weight is 893 g/mol. The highest BCUT2D eigenvalue weighted by Crippen LogP contribution is 2.35. The minimum Gasteiger partial charge on any atom is -0.371 e. The maximum absolute atomic E-state index is 16.3. The molecule has 4 aliphatic heterocycles. The van der Waals surface area contributed by atoms with Crippen molar-refractivity contribution in [1.82, 2.24) is 30.4 Å². The number of fused-ring (bicyclic) bond motifs is 2. The quantitative estimate of drug-likeness (QED) is 0.139. The minimum absolute atomic E-state index is 0.0747. The summed E-state index contributed by atoms with van der Waals surface area (Å²) in [6.07, 6.45) is 6.91. The first-order chi connectivity index (χ1) is 32.2. The third kappa shape index (κ3) is 8.76. The van der Waals surface area contributed by atoms with Crippen LogP contribution in [-0.2, 0) is 16.1 Å². The van der Waals surface area contributed by atoms with E-state index in [9.17, 15) is 24.0 Å². The third-order valence-corrected chi connectivity index (χ3v) is 14.0. The molecular weight excluding hydrogens is 840 g/mol. The van der Waals surface area contributed by atoms with E-state index in [-0.39, 0.29) is 47.9 Å². The molecule has 3 saturated heterocycles. The predicted octanol–water partition coefficient (Wildman–Crippen LogP) is 6.10. The Hall–Kier alpha value is -6.94. The molecule has 4 fully saturated rings. The maximum Gasteiger partial charge on any atom is 0.322 e. The van der Waals surface area contributed by atoms with Gasteiger partial charge in [-0.05, 0) is 93.0 Å². The van der Waals surface area contributed by atoms with Crippen molar-refractivity contribution in [3.8, 4) is 0 Å². The van der Waals surface area contributed by atoms with Gasteiger partial charge in [-0.25, -0.2) is 19.2 Å². The Labute approximate surface area is 382 Å². The highest BCUT2D eigenvalue weighted by molar-refractivity contribution is 6.23. The summed E-state index contributed by atoms with van der Waals surface area (Å²) in [6.45, 7) is 4.80. The van der Waals surface area contributed by atoms with Crippen LogP contribution < -0.4 is 30.7 Å². The molecule has 16 heteroatoms. The predicted molar refractivity (Wildman–Crippen MR) is 249 cm³/mol. The van der Waals surface area contributed by atoms with Gasteiger partial charge in [0.2, 0.25) is 17.8 Å². The van der Waals surface area contributed by atoms with Gasteiger partial charge in [0.15, 0.2) is 0 Å². The summed E-state index contributed by atoms with van der Waals surface area (Å²) in [7, 11) is 0. The molecule has 5 aromatic rings. The molecule has 3 N–H and O–H groups in total. The molecule has 10 rings (SSSR count). The number of carbonyl (C=O) groups excluding carboxylic acids is 5. The zero-order chi connectivity index (χ0) is 45.3. The molecule has 5 heterocycles. The molecule has 1 unspecified atom stereocenters. The molecule has 1 saturated carbocycles. The van der Waals surface area contributed by atoms with Crippen LogP contribution in [0.5, 0.6) is 0 Å². The standard InChI is InChI=1S/C50H53FN10O5/c51-41-29-38(60(50(66)53-30-32-6-2-1-3-7-32)36-12-10-34(11-13-36)54-49-52-31-33-8-4-5-9-42(33)55-49)15-17-43(41)59-26-24-58(25-27-59)35-20-22-57(23-21-35)37-14-16-39-40(28-37)48(65)61(47(39)64)44-18-19-45(62)56-46(44)63/h1-9,14-17,28-29,31,34-36,44H,10-13,18-27,30H2,(H,53,66)(H,52,54,55)(H,56,62,63). The SMILES string of the molecule is O=C1CCC(N2C(=O)c3ccc(N4CCC(N5CCN(c6ccc(N(C(=O)NCc7ccccc7)C7CCC(Nc8ncc9ccccc9n8)CC7)cc6F)CC5)CC4)cc3C2=O)C(=O)N1. The van der Waals surface area contributed by atoms with E-state index in [0.29, 0.717) is 43.0 Å². The van der Waals surface area contributed by atoms with Gasteiger partial charge in [-0.2, -0.15) is 0 Å². The highest BCUT2D eigenvalue weighted by Gasteiger charge is 2.45. The van der Waals surface area contributed by atoms with Crippen LogP contribution in [0, 0.1) is 5.82 Å². The number of amides is 6. The van der Waals surface area contributed by atoms with Crippen molar-refractivity contribution in [3.05, 3.63) is 120 Å². The molecule has 15 nitrogen and oxygen atoms in total. The van der Waals surface area contributed by atoms with Crippen molar-refractivity contribution in [1.29, 1.82) is 0 Å². The third-order valence-electron chi connectivity index (χ3n) is 14.0. The number of carbonyl (C=O) groups is 5. The number of rotatable bonds is 10. The number of piperazine rings is 1. The van der Waals surface area contributed by atoms with Crippen molar-refractivity contribution in [3.63, 3.8) is 0 Å². The van der Waals surface area contributed by atoms with Crippen LogP contribution in [0.3, 0.4) is 0 Å². The van der Waals surface area contributed by atoms with Crippen molar-refractivity contribution >= 4 is 63.6 Å². The first-order valence-electron chi connectivity index (χ1n) is 23.2. The lowest BCUT2D eigenvalue weighted by Crippen LogP contribution is -2.54. The second-order valence-electron chi connectivity index (χ2n) is 18.0. The Bertz CT molecular complexity index is 2660. The molecular formula is C50H53FN10O5. The number of hydrogen-bond acceptors (Lipinski definition) is 11. The zero-order valence-corrected chi connectivity index (χ0v) is 36.7. The molecule has 0 radical (unpaired) electrons. The topological polar surface area (TPSA) is 163 Å². The van der Waals surface area contributed by atoms with Crippen LogP contribution in [0.4, 0.5) is 32.2 Å². The van der Waals surface area contributed by atoms with Crippen LogP contribution in [-0.4, -0.2) is 113 Å². The summed E-state index contributed by atoms with van der Waals surface area (Å²) >= 11 is 0. The Morgan fingerprint density at radius 1 is 0.758 bits per heavy atom. The molecule has 0 spiro atoms. The molecule has 0 bridgehead atoms. The van der Waals surface area contributed by atoms with Crippen LogP contribution in [0.2, 0.25) is 0 Å². The lowest BCUT2D eigenvalue weighted by Gasteiger charge is -2.44. The zero-order valence-electron chi connectivity index (χ0n) is 36.7. The van der Waals surface area contributed by atoms with E-state index in [2.05, 4.69) is 35.6 Å². The first-order valence-corrected chi connectivity index (χ1v) is 23.2. The van der Waals surface area contributed by atoms with E-state index in [1.54, 1.807) is 17.0 Å². The number of nitrogens with zero attached hydrogens (tertiary/aromatic N) is 7. The summed E-state index contributed by atoms with van der Waals surface area (Å²) in [6, 6.07) is 27.3.